The quantitative estimate of drug-likeness (QED) is 0.727. The molecule has 0 saturated carbocycles. The van der Waals surface area contributed by atoms with E-state index in [2.05, 4.69) is 10.3 Å². The second-order valence-corrected chi connectivity index (χ2v) is 7.93. The van der Waals surface area contributed by atoms with E-state index in [1.165, 1.54) is 22.7 Å². The van der Waals surface area contributed by atoms with Crippen molar-refractivity contribution in [3.63, 3.8) is 0 Å². The minimum absolute atomic E-state index is 0.0307. The predicted octanol–water partition coefficient (Wildman–Crippen LogP) is 3.66. The highest BCUT2D eigenvalue weighted by Gasteiger charge is 2.25. The van der Waals surface area contributed by atoms with Gasteiger partial charge in [0.05, 0.1) is 24.9 Å². The Kier molecular flexibility index (Phi) is 4.91. The summed E-state index contributed by atoms with van der Waals surface area (Å²) in [6.07, 6.45) is 0.676. The van der Waals surface area contributed by atoms with Crippen LogP contribution in [0, 0.1) is 0 Å². The van der Waals surface area contributed by atoms with Crippen molar-refractivity contribution in [3.05, 3.63) is 62.8 Å². The number of carbonyl (C=O) groups excluding carboxylic acids is 2. The van der Waals surface area contributed by atoms with Crippen molar-refractivity contribution in [2.24, 2.45) is 0 Å². The number of ether oxygens (including phenoxy) is 1. The molecule has 3 aromatic rings. The van der Waals surface area contributed by atoms with E-state index < -0.39 is 0 Å². The Labute approximate surface area is 164 Å². The van der Waals surface area contributed by atoms with Gasteiger partial charge in [-0.1, -0.05) is 17.4 Å². The molecule has 0 fully saturated rings. The monoisotopic (exact) mass is 399 g/mol. The summed E-state index contributed by atoms with van der Waals surface area (Å²) in [4.78, 5) is 32.3. The number of benzene rings is 1. The Morgan fingerprint density at radius 1 is 1.26 bits per heavy atom. The van der Waals surface area contributed by atoms with Crippen molar-refractivity contribution < 1.29 is 14.3 Å². The molecule has 3 heterocycles. The van der Waals surface area contributed by atoms with Crippen molar-refractivity contribution in [2.75, 3.05) is 19.0 Å². The van der Waals surface area contributed by atoms with E-state index in [1.807, 2.05) is 17.5 Å². The predicted molar refractivity (Wildman–Crippen MR) is 106 cm³/mol. The standard InChI is InChI=1S/C19H17N3O3S2/c1-25-14-4-2-3-12(9-14)18(24)22-7-5-15-16(10-22)27-19(20-15)21-17(23)13-6-8-26-11-13/h2-4,6,8-9,11H,5,7,10H2,1H3,(H,20,21,23). The lowest BCUT2D eigenvalue weighted by molar-refractivity contribution is 0.0735. The van der Waals surface area contributed by atoms with Gasteiger partial charge in [0.1, 0.15) is 5.75 Å². The second kappa shape index (κ2) is 7.50. The molecule has 0 aliphatic carbocycles. The number of thiophene rings is 1. The van der Waals surface area contributed by atoms with Gasteiger partial charge < -0.3 is 9.64 Å². The molecule has 2 aromatic heterocycles. The van der Waals surface area contributed by atoms with Gasteiger partial charge in [0, 0.05) is 28.8 Å². The maximum Gasteiger partial charge on any atom is 0.258 e. The van der Waals surface area contributed by atoms with Gasteiger partial charge in [0.25, 0.3) is 11.8 Å². The zero-order chi connectivity index (χ0) is 18.8. The largest absolute Gasteiger partial charge is 0.497 e. The topological polar surface area (TPSA) is 71.5 Å². The van der Waals surface area contributed by atoms with Crippen LogP contribution in [0.3, 0.4) is 0 Å². The number of anilines is 1. The third-order valence-corrected chi connectivity index (χ3v) is 6.02. The zero-order valence-electron chi connectivity index (χ0n) is 14.6. The Morgan fingerprint density at radius 2 is 2.15 bits per heavy atom. The van der Waals surface area contributed by atoms with Crippen LogP contribution in [-0.2, 0) is 13.0 Å². The van der Waals surface area contributed by atoms with Crippen LogP contribution in [0.15, 0.2) is 41.1 Å². The molecule has 0 atom stereocenters. The van der Waals surface area contributed by atoms with Crippen LogP contribution < -0.4 is 10.1 Å². The molecule has 0 bridgehead atoms. The SMILES string of the molecule is COc1cccc(C(=O)N2CCc3nc(NC(=O)c4ccsc4)sc3C2)c1. The van der Waals surface area contributed by atoms with Gasteiger partial charge in [0.2, 0.25) is 0 Å². The van der Waals surface area contributed by atoms with E-state index >= 15 is 0 Å². The van der Waals surface area contributed by atoms with E-state index in [1.54, 1.807) is 35.6 Å². The molecule has 6 nitrogen and oxygen atoms in total. The van der Waals surface area contributed by atoms with Crippen LogP contribution in [0.25, 0.3) is 0 Å². The highest BCUT2D eigenvalue weighted by molar-refractivity contribution is 7.16. The summed E-state index contributed by atoms with van der Waals surface area (Å²) in [5.41, 5.74) is 2.19. The number of aromatic nitrogens is 1. The maximum atomic E-state index is 12.8. The lowest BCUT2D eigenvalue weighted by Gasteiger charge is -2.26. The Morgan fingerprint density at radius 3 is 2.93 bits per heavy atom. The number of hydrogen-bond donors (Lipinski definition) is 1. The number of hydrogen-bond acceptors (Lipinski definition) is 6. The summed E-state index contributed by atoms with van der Waals surface area (Å²) in [6, 6.07) is 8.95. The molecule has 1 aliphatic rings. The van der Waals surface area contributed by atoms with Crippen LogP contribution in [-0.4, -0.2) is 35.4 Å². The first kappa shape index (κ1) is 17.7. The molecule has 27 heavy (non-hydrogen) atoms. The second-order valence-electron chi connectivity index (χ2n) is 6.06. The van der Waals surface area contributed by atoms with Crippen molar-refractivity contribution in [3.8, 4) is 5.75 Å². The maximum absolute atomic E-state index is 12.8. The van der Waals surface area contributed by atoms with E-state index in [4.69, 9.17) is 4.74 Å². The molecule has 1 aromatic carbocycles. The average Bonchev–Trinajstić information content (AvgIpc) is 3.36. The fourth-order valence-corrected chi connectivity index (χ4v) is 4.58. The Balaban J connectivity index is 1.47. The number of amides is 2. The average molecular weight is 399 g/mol. The lowest BCUT2D eigenvalue weighted by atomic mass is 10.1. The van der Waals surface area contributed by atoms with Gasteiger partial charge in [-0.05, 0) is 29.6 Å². The summed E-state index contributed by atoms with van der Waals surface area (Å²) in [6.45, 7) is 1.10. The number of rotatable bonds is 4. The van der Waals surface area contributed by atoms with Crippen LogP contribution in [0.5, 0.6) is 5.75 Å². The van der Waals surface area contributed by atoms with Gasteiger partial charge in [-0.2, -0.15) is 11.3 Å². The van der Waals surface area contributed by atoms with E-state index in [0.29, 0.717) is 41.5 Å². The third kappa shape index (κ3) is 3.72. The minimum atomic E-state index is -0.160. The molecule has 0 unspecified atom stereocenters. The van der Waals surface area contributed by atoms with E-state index in [-0.39, 0.29) is 11.8 Å². The van der Waals surface area contributed by atoms with Crippen molar-refractivity contribution >= 4 is 39.6 Å². The molecule has 138 valence electrons. The fraction of sp³-hybridized carbons (Fsp3) is 0.211. The smallest absolute Gasteiger partial charge is 0.258 e. The highest BCUT2D eigenvalue weighted by atomic mass is 32.1. The summed E-state index contributed by atoms with van der Waals surface area (Å²) >= 11 is 2.91. The zero-order valence-corrected chi connectivity index (χ0v) is 16.2. The number of methoxy groups -OCH3 is 1. The number of carbonyl (C=O) groups is 2. The van der Waals surface area contributed by atoms with Crippen LogP contribution >= 0.6 is 22.7 Å². The summed E-state index contributed by atoms with van der Waals surface area (Å²) in [5, 5.41) is 7.09. The van der Waals surface area contributed by atoms with E-state index in [9.17, 15) is 9.59 Å². The summed E-state index contributed by atoms with van der Waals surface area (Å²) in [5.74, 6) is 0.471. The third-order valence-electron chi connectivity index (χ3n) is 4.34. The molecule has 0 radical (unpaired) electrons. The number of thiazole rings is 1. The van der Waals surface area contributed by atoms with Crippen molar-refractivity contribution in [2.45, 2.75) is 13.0 Å². The molecule has 1 N–H and O–H groups in total. The van der Waals surface area contributed by atoms with Crippen molar-refractivity contribution in [1.82, 2.24) is 9.88 Å². The van der Waals surface area contributed by atoms with Crippen LogP contribution in [0.4, 0.5) is 5.13 Å². The number of nitrogens with zero attached hydrogens (tertiary/aromatic N) is 2. The minimum Gasteiger partial charge on any atom is -0.497 e. The molecule has 0 saturated heterocycles. The van der Waals surface area contributed by atoms with Crippen LogP contribution in [0.1, 0.15) is 31.3 Å². The molecule has 2 amide bonds. The van der Waals surface area contributed by atoms with Gasteiger partial charge in [0.15, 0.2) is 5.13 Å². The summed E-state index contributed by atoms with van der Waals surface area (Å²) in [7, 11) is 1.58. The van der Waals surface area contributed by atoms with Gasteiger partial charge in [-0.3, -0.25) is 14.9 Å². The molecular formula is C19H17N3O3S2. The first-order chi connectivity index (χ1) is 13.1. The normalized spacial score (nSPS) is 13.1. The first-order valence-corrected chi connectivity index (χ1v) is 10.2. The molecule has 0 spiro atoms. The Hall–Kier alpha value is -2.71. The van der Waals surface area contributed by atoms with Gasteiger partial charge in [-0.25, -0.2) is 4.98 Å². The van der Waals surface area contributed by atoms with Gasteiger partial charge >= 0.3 is 0 Å². The lowest BCUT2D eigenvalue weighted by Crippen LogP contribution is -2.35. The number of fused-ring (bicyclic) bond motifs is 1. The molecular weight excluding hydrogens is 382 g/mol. The highest BCUT2D eigenvalue weighted by Crippen LogP contribution is 2.29. The van der Waals surface area contributed by atoms with Crippen molar-refractivity contribution in [1.29, 1.82) is 0 Å². The molecule has 4 rings (SSSR count). The Bertz CT molecular complexity index is 982. The molecule has 8 heteroatoms. The van der Waals surface area contributed by atoms with Crippen LogP contribution in [0.2, 0.25) is 0 Å². The first-order valence-electron chi connectivity index (χ1n) is 8.39. The fourth-order valence-electron chi connectivity index (χ4n) is 2.92. The number of nitrogens with one attached hydrogen (secondary N) is 1. The summed E-state index contributed by atoms with van der Waals surface area (Å²) < 4.78 is 5.20. The van der Waals surface area contributed by atoms with Gasteiger partial charge in [-0.15, -0.1) is 0 Å². The molecule has 1 aliphatic heterocycles. The van der Waals surface area contributed by atoms with E-state index in [0.717, 1.165) is 10.6 Å².